The molecule has 1 N–H and O–H groups in total. The summed E-state index contributed by atoms with van der Waals surface area (Å²) in [5.41, 5.74) is 1.61. The topological polar surface area (TPSA) is 56.9 Å². The molecule has 5 nitrogen and oxygen atoms in total. The smallest absolute Gasteiger partial charge is 0.290 e. The molecular weight excluding hydrogens is 364 g/mol. The highest BCUT2D eigenvalue weighted by molar-refractivity contribution is 5.92. The molecule has 2 heterocycles. The van der Waals surface area contributed by atoms with Crippen LogP contribution in [0.5, 0.6) is 0 Å². The maximum absolute atomic E-state index is 13.2. The molecule has 0 bridgehead atoms. The van der Waals surface area contributed by atoms with Crippen molar-refractivity contribution in [1.82, 2.24) is 4.90 Å². The molecule has 0 radical (unpaired) electrons. The number of likely N-dealkylation sites (tertiary alicyclic amines) is 1. The molecular formula is C24H32N2O3. The van der Waals surface area contributed by atoms with Crippen LogP contribution in [0.15, 0.2) is 47.1 Å². The van der Waals surface area contributed by atoms with E-state index in [9.17, 15) is 9.90 Å². The second-order valence-electron chi connectivity index (χ2n) is 8.39. The van der Waals surface area contributed by atoms with Crippen molar-refractivity contribution in [3.05, 3.63) is 54.0 Å². The van der Waals surface area contributed by atoms with Crippen LogP contribution >= 0.6 is 0 Å². The van der Waals surface area contributed by atoms with Crippen molar-refractivity contribution >= 4 is 11.6 Å². The number of furan rings is 1. The molecule has 1 amide bonds. The first-order valence-corrected chi connectivity index (χ1v) is 11.0. The summed E-state index contributed by atoms with van der Waals surface area (Å²) < 4.78 is 5.41. The lowest BCUT2D eigenvalue weighted by molar-refractivity contribution is -0.115. The summed E-state index contributed by atoms with van der Waals surface area (Å²) in [7, 11) is 0. The minimum Gasteiger partial charge on any atom is -0.459 e. The van der Waals surface area contributed by atoms with E-state index in [0.717, 1.165) is 44.3 Å². The molecule has 156 valence electrons. The summed E-state index contributed by atoms with van der Waals surface area (Å²) in [6.07, 6.45) is 6.12. The van der Waals surface area contributed by atoms with E-state index in [1.54, 1.807) is 18.4 Å². The molecule has 2 aliphatic rings. The average molecular weight is 397 g/mol. The monoisotopic (exact) mass is 396 g/mol. The van der Waals surface area contributed by atoms with Gasteiger partial charge in [-0.2, -0.15) is 0 Å². The van der Waals surface area contributed by atoms with Crippen molar-refractivity contribution in [3.8, 4) is 0 Å². The molecule has 1 aliphatic heterocycles. The van der Waals surface area contributed by atoms with Crippen molar-refractivity contribution in [2.75, 3.05) is 24.5 Å². The second-order valence-corrected chi connectivity index (χ2v) is 8.39. The van der Waals surface area contributed by atoms with Crippen LogP contribution in [0.4, 0.5) is 5.69 Å². The van der Waals surface area contributed by atoms with Crippen molar-refractivity contribution in [2.45, 2.75) is 57.6 Å². The number of nitrogens with zero attached hydrogens (tertiary/aromatic N) is 2. The third-order valence-corrected chi connectivity index (χ3v) is 6.92. The van der Waals surface area contributed by atoms with E-state index in [2.05, 4.69) is 43.0 Å². The Bertz CT molecular complexity index is 813. The van der Waals surface area contributed by atoms with Crippen molar-refractivity contribution in [3.63, 3.8) is 0 Å². The fraction of sp³-hybridized carbons (Fsp3) is 0.542. The summed E-state index contributed by atoms with van der Waals surface area (Å²) in [6.45, 7) is 6.79. The number of rotatable bonds is 5. The van der Waals surface area contributed by atoms with Crippen LogP contribution in [0.1, 0.15) is 68.1 Å². The maximum Gasteiger partial charge on any atom is 0.290 e. The van der Waals surface area contributed by atoms with Crippen molar-refractivity contribution in [2.24, 2.45) is 5.92 Å². The lowest BCUT2D eigenvalue weighted by Gasteiger charge is -2.52. The van der Waals surface area contributed by atoms with Crippen molar-refractivity contribution in [1.29, 1.82) is 0 Å². The highest BCUT2D eigenvalue weighted by atomic mass is 16.3. The highest BCUT2D eigenvalue weighted by Crippen LogP contribution is 2.49. The Morgan fingerprint density at radius 3 is 2.59 bits per heavy atom. The fourth-order valence-corrected chi connectivity index (χ4v) is 5.33. The van der Waals surface area contributed by atoms with E-state index in [1.807, 2.05) is 4.90 Å². The molecule has 0 unspecified atom stereocenters. The molecule has 5 heteroatoms. The normalized spacial score (nSPS) is 26.8. The number of aliphatic hydroxyl groups is 1. The van der Waals surface area contributed by atoms with Gasteiger partial charge in [-0.05, 0) is 62.9 Å². The maximum atomic E-state index is 13.2. The summed E-state index contributed by atoms with van der Waals surface area (Å²) in [4.78, 5) is 17.5. The van der Waals surface area contributed by atoms with E-state index in [4.69, 9.17) is 4.42 Å². The summed E-state index contributed by atoms with van der Waals surface area (Å²) >= 11 is 0. The predicted octanol–water partition coefficient (Wildman–Crippen LogP) is 4.63. The third kappa shape index (κ3) is 3.68. The Morgan fingerprint density at radius 2 is 1.93 bits per heavy atom. The molecule has 2 fully saturated rings. The van der Waals surface area contributed by atoms with E-state index in [0.29, 0.717) is 18.7 Å². The van der Waals surface area contributed by atoms with Gasteiger partial charge >= 0.3 is 0 Å². The third-order valence-electron chi connectivity index (χ3n) is 6.92. The van der Waals surface area contributed by atoms with Crippen molar-refractivity contribution < 1.29 is 14.3 Å². The van der Waals surface area contributed by atoms with Gasteiger partial charge in [0.05, 0.1) is 17.9 Å². The van der Waals surface area contributed by atoms with Gasteiger partial charge in [0.1, 0.15) is 0 Å². The molecule has 1 aromatic carbocycles. The minimum atomic E-state index is -0.680. The molecule has 1 aromatic heterocycles. The number of amides is 1. The van der Waals surface area contributed by atoms with Gasteiger partial charge in [-0.3, -0.25) is 4.79 Å². The van der Waals surface area contributed by atoms with E-state index < -0.39 is 5.60 Å². The summed E-state index contributed by atoms with van der Waals surface area (Å²) in [5, 5.41) is 11.4. The zero-order valence-electron chi connectivity index (χ0n) is 17.5. The van der Waals surface area contributed by atoms with Crippen LogP contribution in [-0.2, 0) is 0 Å². The minimum absolute atomic E-state index is 0.0585. The van der Waals surface area contributed by atoms with Crippen LogP contribution in [-0.4, -0.2) is 41.1 Å². The largest absolute Gasteiger partial charge is 0.459 e. The standard InChI is InChI=1S/C24H32N2O3/c1-3-25(4-2)19-12-10-18(11-13-19)22-20-8-5-6-14-24(20,28)15-16-26(22)23(27)21-9-7-17-29-21/h7,9-13,17,20,22,28H,3-6,8,14-16H2,1-2H3/t20-,22+,24-/m1/s1. The first kappa shape index (κ1) is 20.0. The summed E-state index contributed by atoms with van der Waals surface area (Å²) in [6, 6.07) is 11.9. The predicted molar refractivity (Wildman–Crippen MR) is 114 cm³/mol. The number of anilines is 1. The van der Waals surface area contributed by atoms with E-state index >= 15 is 0 Å². The molecule has 3 atom stereocenters. The highest BCUT2D eigenvalue weighted by Gasteiger charge is 2.50. The fourth-order valence-electron chi connectivity index (χ4n) is 5.33. The van der Waals surface area contributed by atoms with Crippen LogP contribution in [0.3, 0.4) is 0 Å². The van der Waals surface area contributed by atoms with Gasteiger partial charge in [-0.25, -0.2) is 0 Å². The van der Waals surface area contributed by atoms with Gasteiger partial charge < -0.3 is 19.3 Å². The number of fused-ring (bicyclic) bond motifs is 1. The van der Waals surface area contributed by atoms with Crippen LogP contribution in [0, 0.1) is 5.92 Å². The molecule has 1 aliphatic carbocycles. The van der Waals surface area contributed by atoms with Crippen LogP contribution in [0.2, 0.25) is 0 Å². The Morgan fingerprint density at radius 1 is 1.17 bits per heavy atom. The number of hydrogen-bond donors (Lipinski definition) is 1. The van der Waals surface area contributed by atoms with Gasteiger partial charge in [0, 0.05) is 31.2 Å². The number of piperidine rings is 1. The lowest BCUT2D eigenvalue weighted by atomic mass is 9.66. The SMILES string of the molecule is CCN(CC)c1ccc([C@H]2[C@H]3CCCC[C@@]3(O)CCN2C(=O)c2ccco2)cc1. The molecule has 4 rings (SSSR count). The Balaban J connectivity index is 1.70. The first-order chi connectivity index (χ1) is 14.1. The van der Waals surface area contributed by atoms with E-state index in [-0.39, 0.29) is 17.9 Å². The van der Waals surface area contributed by atoms with Gasteiger partial charge in [-0.1, -0.05) is 25.0 Å². The second kappa shape index (κ2) is 8.23. The molecule has 0 spiro atoms. The van der Waals surface area contributed by atoms with Gasteiger partial charge in [-0.15, -0.1) is 0 Å². The van der Waals surface area contributed by atoms with E-state index in [1.165, 1.54) is 5.69 Å². The van der Waals surface area contributed by atoms with Gasteiger partial charge in [0.2, 0.25) is 0 Å². The lowest BCUT2D eigenvalue weighted by Crippen LogP contribution is -2.56. The molecule has 1 saturated heterocycles. The molecule has 2 aromatic rings. The zero-order chi connectivity index (χ0) is 20.4. The number of carbonyl (C=O) groups excluding carboxylic acids is 1. The Kier molecular flexibility index (Phi) is 5.68. The molecule has 29 heavy (non-hydrogen) atoms. The van der Waals surface area contributed by atoms with Crippen LogP contribution < -0.4 is 4.90 Å². The average Bonchev–Trinajstić information content (AvgIpc) is 3.28. The first-order valence-electron chi connectivity index (χ1n) is 11.0. The van der Waals surface area contributed by atoms with Gasteiger partial charge in [0.15, 0.2) is 5.76 Å². The number of benzene rings is 1. The number of hydrogen-bond acceptors (Lipinski definition) is 4. The number of carbonyl (C=O) groups is 1. The molecule has 1 saturated carbocycles. The van der Waals surface area contributed by atoms with Crippen LogP contribution in [0.25, 0.3) is 0 Å². The van der Waals surface area contributed by atoms with Gasteiger partial charge in [0.25, 0.3) is 5.91 Å². The zero-order valence-corrected chi connectivity index (χ0v) is 17.5. The quantitative estimate of drug-likeness (QED) is 0.800. The summed E-state index contributed by atoms with van der Waals surface area (Å²) in [5.74, 6) is 0.347. The Hall–Kier alpha value is -2.27. The Labute approximate surface area is 173 Å².